The van der Waals surface area contributed by atoms with Gasteiger partial charge in [0, 0.05) is 20.2 Å². The third kappa shape index (κ3) is 3.21. The molecule has 0 bridgehead atoms. The van der Waals surface area contributed by atoms with Crippen LogP contribution in [0.1, 0.15) is 5.56 Å². The average molecular weight is 376 g/mol. The molecule has 1 aromatic carbocycles. The second-order valence-electron chi connectivity index (χ2n) is 3.57. The van der Waals surface area contributed by atoms with E-state index in [-0.39, 0.29) is 0 Å². The lowest BCUT2D eigenvalue weighted by Gasteiger charge is -2.09. The number of pyridine rings is 1. The molecule has 0 aliphatic carbocycles. The number of aromatic nitrogens is 1. The second kappa shape index (κ2) is 5.38. The molecule has 0 aliphatic rings. The van der Waals surface area contributed by atoms with E-state index in [2.05, 4.69) is 42.2 Å². The second-order valence-corrected chi connectivity index (χ2v) is 5.75. The van der Waals surface area contributed by atoms with E-state index in [1.165, 1.54) is 0 Å². The van der Waals surface area contributed by atoms with E-state index in [9.17, 15) is 0 Å². The Hall–Kier alpha value is -0.580. The molecule has 5 heteroatoms. The number of benzene rings is 1. The Balaban J connectivity index is 2.30. The van der Waals surface area contributed by atoms with Crippen LogP contribution in [0.25, 0.3) is 0 Å². The molecule has 0 radical (unpaired) electrons. The first-order valence-electron chi connectivity index (χ1n) is 4.90. The molecule has 2 nitrogen and oxygen atoms in total. The molecule has 2 rings (SSSR count). The molecule has 0 unspecified atom stereocenters. The van der Waals surface area contributed by atoms with E-state index in [0.717, 1.165) is 31.0 Å². The number of halogens is 3. The Kier molecular flexibility index (Phi) is 4.07. The number of hydrogen-bond donors (Lipinski definition) is 1. The fraction of sp³-hybridized carbons (Fsp3) is 0.0833. The minimum Gasteiger partial charge on any atom is -0.339 e. The van der Waals surface area contributed by atoms with E-state index >= 15 is 0 Å². The number of anilines is 2. The Morgan fingerprint density at radius 3 is 2.65 bits per heavy atom. The number of nitrogens with zero attached hydrogens (tertiary/aromatic N) is 1. The minimum atomic E-state index is 0.729. The van der Waals surface area contributed by atoms with Gasteiger partial charge in [-0.25, -0.2) is 4.98 Å². The third-order valence-corrected chi connectivity index (χ3v) is 3.77. The van der Waals surface area contributed by atoms with Crippen molar-refractivity contribution in [2.75, 3.05) is 5.32 Å². The van der Waals surface area contributed by atoms with Crippen LogP contribution in [0.3, 0.4) is 0 Å². The summed E-state index contributed by atoms with van der Waals surface area (Å²) in [5.41, 5.74) is 1.93. The molecule has 1 heterocycles. The van der Waals surface area contributed by atoms with Gasteiger partial charge in [0.05, 0.1) is 5.69 Å². The van der Waals surface area contributed by atoms with Crippen LogP contribution in [0.2, 0.25) is 5.02 Å². The van der Waals surface area contributed by atoms with Gasteiger partial charge in [-0.3, -0.25) is 0 Å². The van der Waals surface area contributed by atoms with Crippen LogP contribution in [0.4, 0.5) is 11.5 Å². The van der Waals surface area contributed by atoms with Crippen molar-refractivity contribution < 1.29 is 0 Å². The van der Waals surface area contributed by atoms with Crippen molar-refractivity contribution in [2.24, 2.45) is 0 Å². The normalized spacial score (nSPS) is 10.4. The van der Waals surface area contributed by atoms with E-state index in [4.69, 9.17) is 11.6 Å². The van der Waals surface area contributed by atoms with Crippen LogP contribution in [0, 0.1) is 6.92 Å². The zero-order valence-electron chi connectivity index (χ0n) is 8.97. The quantitative estimate of drug-likeness (QED) is 0.768. The maximum absolute atomic E-state index is 6.09. The lowest BCUT2D eigenvalue weighted by Crippen LogP contribution is -1.94. The highest BCUT2D eigenvalue weighted by atomic mass is 79.9. The molecule has 0 saturated heterocycles. The van der Waals surface area contributed by atoms with Crippen molar-refractivity contribution in [3.8, 4) is 0 Å². The van der Waals surface area contributed by atoms with Gasteiger partial charge in [-0.1, -0.05) is 11.6 Å². The van der Waals surface area contributed by atoms with Gasteiger partial charge in [0.1, 0.15) is 5.82 Å². The third-order valence-electron chi connectivity index (χ3n) is 2.24. The average Bonchev–Trinajstić information content (AvgIpc) is 2.29. The molecule has 88 valence electrons. The first-order valence-corrected chi connectivity index (χ1v) is 6.87. The van der Waals surface area contributed by atoms with Crippen molar-refractivity contribution in [2.45, 2.75) is 6.92 Å². The summed E-state index contributed by atoms with van der Waals surface area (Å²) in [6.45, 7) is 1.97. The first-order chi connectivity index (χ1) is 8.06. The first kappa shape index (κ1) is 12.9. The summed E-state index contributed by atoms with van der Waals surface area (Å²) in [4.78, 5) is 4.24. The zero-order valence-corrected chi connectivity index (χ0v) is 12.9. The molecular weight excluding hydrogens is 367 g/mol. The number of rotatable bonds is 2. The molecule has 0 saturated carbocycles. The lowest BCUT2D eigenvalue weighted by molar-refractivity contribution is 1.29. The monoisotopic (exact) mass is 374 g/mol. The maximum atomic E-state index is 6.09. The van der Waals surface area contributed by atoms with Crippen LogP contribution in [-0.4, -0.2) is 4.98 Å². The van der Waals surface area contributed by atoms with Gasteiger partial charge in [0.15, 0.2) is 0 Å². The molecule has 0 fully saturated rings. The summed E-state index contributed by atoms with van der Waals surface area (Å²) >= 11 is 12.9. The number of aryl methyl sites for hydroxylation is 1. The highest BCUT2D eigenvalue weighted by molar-refractivity contribution is 9.10. The minimum absolute atomic E-state index is 0.729. The van der Waals surface area contributed by atoms with Crippen LogP contribution in [0.5, 0.6) is 0 Å². The fourth-order valence-corrected chi connectivity index (χ4v) is 2.28. The van der Waals surface area contributed by atoms with Gasteiger partial charge in [-0.05, 0) is 68.6 Å². The van der Waals surface area contributed by atoms with Gasteiger partial charge in [0.25, 0.3) is 0 Å². The molecule has 17 heavy (non-hydrogen) atoms. The van der Waals surface area contributed by atoms with Crippen LogP contribution in [0.15, 0.2) is 39.4 Å². The summed E-state index contributed by atoms with van der Waals surface area (Å²) in [6, 6.07) is 7.68. The van der Waals surface area contributed by atoms with E-state index in [1.807, 2.05) is 31.2 Å². The standard InChI is InChI=1S/C12H9Br2ClN2/c1-7-4-9(14)11(5-10(7)15)17-12-3-2-8(13)6-16-12/h2-6H,1H3,(H,16,17). The summed E-state index contributed by atoms with van der Waals surface area (Å²) in [5, 5.41) is 3.93. The van der Waals surface area contributed by atoms with Crippen molar-refractivity contribution in [1.82, 2.24) is 4.98 Å². The molecule has 0 aliphatic heterocycles. The Morgan fingerprint density at radius 2 is 2.00 bits per heavy atom. The van der Waals surface area contributed by atoms with Crippen LogP contribution in [-0.2, 0) is 0 Å². The van der Waals surface area contributed by atoms with Gasteiger partial charge < -0.3 is 5.32 Å². The predicted molar refractivity (Wildman–Crippen MR) is 79.1 cm³/mol. The van der Waals surface area contributed by atoms with Crippen molar-refractivity contribution in [3.63, 3.8) is 0 Å². The molecule has 1 aromatic heterocycles. The Morgan fingerprint density at radius 1 is 1.24 bits per heavy atom. The largest absolute Gasteiger partial charge is 0.339 e. The lowest BCUT2D eigenvalue weighted by atomic mass is 10.2. The Bertz CT molecular complexity index is 541. The smallest absolute Gasteiger partial charge is 0.130 e. The van der Waals surface area contributed by atoms with E-state index in [1.54, 1.807) is 6.20 Å². The summed E-state index contributed by atoms with van der Waals surface area (Å²) in [7, 11) is 0. The highest BCUT2D eigenvalue weighted by Crippen LogP contribution is 2.31. The summed E-state index contributed by atoms with van der Waals surface area (Å²) < 4.78 is 1.91. The molecular formula is C12H9Br2ClN2. The van der Waals surface area contributed by atoms with Crippen molar-refractivity contribution >= 4 is 55.0 Å². The van der Waals surface area contributed by atoms with Gasteiger partial charge >= 0.3 is 0 Å². The fourth-order valence-electron chi connectivity index (χ4n) is 1.33. The Labute approximate surface area is 122 Å². The van der Waals surface area contributed by atoms with Gasteiger partial charge in [0.2, 0.25) is 0 Å². The summed E-state index contributed by atoms with van der Waals surface area (Å²) in [6.07, 6.45) is 1.74. The summed E-state index contributed by atoms with van der Waals surface area (Å²) in [5.74, 6) is 0.772. The highest BCUT2D eigenvalue weighted by Gasteiger charge is 2.05. The van der Waals surface area contributed by atoms with Crippen LogP contribution >= 0.6 is 43.5 Å². The van der Waals surface area contributed by atoms with E-state index in [0.29, 0.717) is 0 Å². The van der Waals surface area contributed by atoms with Crippen LogP contribution < -0.4 is 5.32 Å². The predicted octanol–water partition coefficient (Wildman–Crippen LogP) is 5.31. The topological polar surface area (TPSA) is 24.9 Å². The SMILES string of the molecule is Cc1cc(Br)c(Nc2ccc(Br)cn2)cc1Cl. The molecule has 2 aromatic rings. The number of hydrogen-bond acceptors (Lipinski definition) is 2. The molecule has 0 amide bonds. The molecule has 0 atom stereocenters. The molecule has 1 N–H and O–H groups in total. The zero-order chi connectivity index (χ0) is 12.4. The van der Waals surface area contributed by atoms with Gasteiger partial charge in [-0.2, -0.15) is 0 Å². The van der Waals surface area contributed by atoms with Crippen molar-refractivity contribution in [1.29, 1.82) is 0 Å². The maximum Gasteiger partial charge on any atom is 0.130 e. The van der Waals surface area contributed by atoms with Gasteiger partial charge in [-0.15, -0.1) is 0 Å². The van der Waals surface area contributed by atoms with Crippen molar-refractivity contribution in [3.05, 3.63) is 50.0 Å². The number of nitrogens with one attached hydrogen (secondary N) is 1. The molecule has 0 spiro atoms. The van der Waals surface area contributed by atoms with E-state index < -0.39 is 0 Å².